The summed E-state index contributed by atoms with van der Waals surface area (Å²) in [6.45, 7) is 0. The van der Waals surface area contributed by atoms with E-state index in [1.807, 2.05) is 0 Å². The topological polar surface area (TPSA) is 15.8 Å². The van der Waals surface area contributed by atoms with E-state index in [1.54, 1.807) is 0 Å². The molecule has 0 atom stereocenters. The van der Waals surface area contributed by atoms with Crippen molar-refractivity contribution in [3.05, 3.63) is 59.1 Å². The minimum absolute atomic E-state index is 1.10. The zero-order valence-corrected chi connectivity index (χ0v) is 11.2. The number of hydrogen-bond acceptors (Lipinski definition) is 0. The van der Waals surface area contributed by atoms with Crippen LogP contribution in [-0.4, -0.2) is 4.98 Å². The normalized spacial score (nSPS) is 11.6. The average molecular weight is 296 g/mol. The summed E-state index contributed by atoms with van der Waals surface area (Å²) in [5.74, 6) is 0. The highest BCUT2D eigenvalue weighted by Crippen LogP contribution is 2.33. The monoisotopic (exact) mass is 295 g/mol. The van der Waals surface area contributed by atoms with Crippen LogP contribution in [0.4, 0.5) is 0 Å². The first kappa shape index (κ1) is 10.2. The number of aromatic amines is 1. The number of fused-ring (bicyclic) bond motifs is 5. The lowest BCUT2D eigenvalue weighted by molar-refractivity contribution is 1.54. The van der Waals surface area contributed by atoms with Gasteiger partial charge in [0.2, 0.25) is 0 Å². The standard InChI is InChI=1S/C16H10BrN/c17-11-6-7-13-15(9-11)18-14-8-5-10-3-1-2-4-12(10)16(13)14/h1-9,18H. The number of rotatable bonds is 0. The average Bonchev–Trinajstić information content (AvgIpc) is 2.76. The van der Waals surface area contributed by atoms with Gasteiger partial charge in [-0.3, -0.25) is 0 Å². The van der Waals surface area contributed by atoms with Crippen LogP contribution in [0.5, 0.6) is 0 Å². The summed E-state index contributed by atoms with van der Waals surface area (Å²) in [7, 11) is 0. The lowest BCUT2D eigenvalue weighted by atomic mass is 10.0. The van der Waals surface area contributed by atoms with E-state index in [2.05, 4.69) is 75.5 Å². The van der Waals surface area contributed by atoms with E-state index in [-0.39, 0.29) is 0 Å². The Kier molecular flexibility index (Phi) is 2.03. The first-order valence-electron chi connectivity index (χ1n) is 5.92. The molecule has 86 valence electrons. The van der Waals surface area contributed by atoms with Gasteiger partial charge in [0.25, 0.3) is 0 Å². The Balaban J connectivity index is 2.33. The van der Waals surface area contributed by atoms with Gasteiger partial charge in [0, 0.05) is 26.3 Å². The van der Waals surface area contributed by atoms with Crippen LogP contribution < -0.4 is 0 Å². The van der Waals surface area contributed by atoms with Crippen molar-refractivity contribution in [2.24, 2.45) is 0 Å². The Morgan fingerprint density at radius 2 is 1.67 bits per heavy atom. The second kappa shape index (κ2) is 3.59. The van der Waals surface area contributed by atoms with E-state index in [9.17, 15) is 0 Å². The molecular formula is C16H10BrN. The van der Waals surface area contributed by atoms with Crippen LogP contribution in [0.2, 0.25) is 0 Å². The number of H-pyrrole nitrogens is 1. The van der Waals surface area contributed by atoms with Crippen LogP contribution in [-0.2, 0) is 0 Å². The van der Waals surface area contributed by atoms with Crippen molar-refractivity contribution in [2.45, 2.75) is 0 Å². The fraction of sp³-hybridized carbons (Fsp3) is 0. The van der Waals surface area contributed by atoms with Crippen molar-refractivity contribution in [3.8, 4) is 0 Å². The number of halogens is 1. The van der Waals surface area contributed by atoms with Gasteiger partial charge < -0.3 is 4.98 Å². The SMILES string of the molecule is Brc1ccc2c(c1)[nH]c1ccc3ccccc3c12. The van der Waals surface area contributed by atoms with E-state index in [0.717, 1.165) is 4.47 Å². The molecule has 0 radical (unpaired) electrons. The summed E-state index contributed by atoms with van der Waals surface area (Å²) in [6, 6.07) is 19.2. The summed E-state index contributed by atoms with van der Waals surface area (Å²) in [4.78, 5) is 3.48. The zero-order valence-electron chi connectivity index (χ0n) is 9.57. The highest BCUT2D eigenvalue weighted by atomic mass is 79.9. The quantitative estimate of drug-likeness (QED) is 0.457. The molecule has 0 bridgehead atoms. The lowest BCUT2D eigenvalue weighted by Crippen LogP contribution is -1.73. The Morgan fingerprint density at radius 3 is 2.61 bits per heavy atom. The van der Waals surface area contributed by atoms with Gasteiger partial charge in [-0.05, 0) is 29.0 Å². The molecule has 4 aromatic rings. The van der Waals surface area contributed by atoms with E-state index in [1.165, 1.54) is 32.6 Å². The zero-order chi connectivity index (χ0) is 12.1. The highest BCUT2D eigenvalue weighted by molar-refractivity contribution is 9.10. The molecule has 0 amide bonds. The molecule has 0 aliphatic rings. The molecule has 0 spiro atoms. The predicted molar refractivity (Wildman–Crippen MR) is 81.0 cm³/mol. The number of nitrogens with one attached hydrogen (secondary N) is 1. The number of benzene rings is 3. The lowest BCUT2D eigenvalue weighted by Gasteiger charge is -1.99. The van der Waals surface area contributed by atoms with E-state index in [0.29, 0.717) is 0 Å². The number of aromatic nitrogens is 1. The minimum atomic E-state index is 1.10. The summed E-state index contributed by atoms with van der Waals surface area (Å²) < 4.78 is 1.10. The van der Waals surface area contributed by atoms with Gasteiger partial charge >= 0.3 is 0 Å². The van der Waals surface area contributed by atoms with Crippen LogP contribution in [0.3, 0.4) is 0 Å². The molecule has 3 aromatic carbocycles. The maximum absolute atomic E-state index is 3.52. The molecule has 4 rings (SSSR count). The second-order valence-corrected chi connectivity index (χ2v) is 5.44. The molecule has 0 saturated carbocycles. The predicted octanol–water partition coefficient (Wildman–Crippen LogP) is 5.24. The molecule has 1 aromatic heterocycles. The van der Waals surface area contributed by atoms with Crippen LogP contribution in [0, 0.1) is 0 Å². The van der Waals surface area contributed by atoms with Crippen LogP contribution in [0.15, 0.2) is 59.1 Å². The third-order valence-electron chi connectivity index (χ3n) is 3.45. The molecule has 2 heteroatoms. The second-order valence-electron chi connectivity index (χ2n) is 4.52. The molecule has 18 heavy (non-hydrogen) atoms. The Morgan fingerprint density at radius 1 is 0.778 bits per heavy atom. The van der Waals surface area contributed by atoms with E-state index in [4.69, 9.17) is 0 Å². The van der Waals surface area contributed by atoms with Gasteiger partial charge in [0.1, 0.15) is 0 Å². The van der Waals surface area contributed by atoms with Gasteiger partial charge in [-0.25, -0.2) is 0 Å². The largest absolute Gasteiger partial charge is 0.354 e. The maximum Gasteiger partial charge on any atom is 0.0476 e. The van der Waals surface area contributed by atoms with Crippen molar-refractivity contribution in [1.82, 2.24) is 4.98 Å². The molecule has 0 aliphatic carbocycles. The number of hydrogen-bond donors (Lipinski definition) is 1. The van der Waals surface area contributed by atoms with Crippen molar-refractivity contribution in [1.29, 1.82) is 0 Å². The van der Waals surface area contributed by atoms with E-state index < -0.39 is 0 Å². The smallest absolute Gasteiger partial charge is 0.0476 e. The Labute approximate surface area is 113 Å². The maximum atomic E-state index is 3.52. The van der Waals surface area contributed by atoms with Gasteiger partial charge in [-0.2, -0.15) is 0 Å². The molecule has 0 saturated heterocycles. The Hall–Kier alpha value is -1.80. The van der Waals surface area contributed by atoms with Crippen molar-refractivity contribution in [3.63, 3.8) is 0 Å². The molecule has 0 aliphatic heterocycles. The molecule has 0 fully saturated rings. The summed E-state index contributed by atoms with van der Waals surface area (Å²) in [6.07, 6.45) is 0. The van der Waals surface area contributed by atoms with Crippen LogP contribution in [0.25, 0.3) is 32.6 Å². The first-order valence-corrected chi connectivity index (χ1v) is 6.71. The molecular weight excluding hydrogens is 286 g/mol. The molecule has 0 unspecified atom stereocenters. The van der Waals surface area contributed by atoms with E-state index >= 15 is 0 Å². The fourth-order valence-corrected chi connectivity index (χ4v) is 3.01. The Bertz CT molecular complexity index is 889. The third kappa shape index (κ3) is 1.33. The van der Waals surface area contributed by atoms with Gasteiger partial charge in [0.15, 0.2) is 0 Å². The molecule has 1 heterocycles. The molecule has 1 N–H and O–H groups in total. The fourth-order valence-electron chi connectivity index (χ4n) is 2.65. The minimum Gasteiger partial charge on any atom is -0.354 e. The van der Waals surface area contributed by atoms with Crippen molar-refractivity contribution < 1.29 is 0 Å². The van der Waals surface area contributed by atoms with Gasteiger partial charge in [-0.15, -0.1) is 0 Å². The highest BCUT2D eigenvalue weighted by Gasteiger charge is 2.07. The summed E-state index contributed by atoms with van der Waals surface area (Å²) in [5.41, 5.74) is 2.37. The van der Waals surface area contributed by atoms with Crippen molar-refractivity contribution in [2.75, 3.05) is 0 Å². The van der Waals surface area contributed by atoms with Gasteiger partial charge in [0.05, 0.1) is 0 Å². The molecule has 1 nitrogen and oxygen atoms in total. The first-order chi connectivity index (χ1) is 8.83. The third-order valence-corrected chi connectivity index (χ3v) is 3.94. The van der Waals surface area contributed by atoms with Crippen LogP contribution in [0.1, 0.15) is 0 Å². The van der Waals surface area contributed by atoms with Crippen LogP contribution >= 0.6 is 15.9 Å². The summed E-state index contributed by atoms with van der Waals surface area (Å²) >= 11 is 3.52. The van der Waals surface area contributed by atoms with Crippen molar-refractivity contribution >= 4 is 48.5 Å². The summed E-state index contributed by atoms with van der Waals surface area (Å²) in [5, 5.41) is 5.19. The van der Waals surface area contributed by atoms with Gasteiger partial charge in [-0.1, -0.05) is 52.3 Å².